The van der Waals surface area contributed by atoms with Crippen LogP contribution < -0.4 is 4.90 Å². The SMILES string of the molecule is CCC[C@H](c1nnnn1CCOC)N1CCN(c2cc(Cl)ccc2C)CC1. The minimum Gasteiger partial charge on any atom is -0.383 e. The predicted octanol–water partition coefficient (Wildman–Crippen LogP) is 2.94. The Morgan fingerprint density at radius 1 is 1.22 bits per heavy atom. The minimum atomic E-state index is 0.240. The van der Waals surface area contributed by atoms with Crippen LogP contribution in [-0.4, -0.2) is 65.0 Å². The highest BCUT2D eigenvalue weighted by Gasteiger charge is 2.29. The number of aryl methyl sites for hydroxylation is 1. The molecule has 7 nitrogen and oxygen atoms in total. The fourth-order valence-electron chi connectivity index (χ4n) is 3.73. The van der Waals surface area contributed by atoms with E-state index in [4.69, 9.17) is 16.3 Å². The molecule has 1 aromatic carbocycles. The monoisotopic (exact) mass is 392 g/mol. The summed E-state index contributed by atoms with van der Waals surface area (Å²) >= 11 is 6.21. The first-order valence-corrected chi connectivity index (χ1v) is 10.0. The van der Waals surface area contributed by atoms with Crippen LogP contribution in [0.1, 0.15) is 37.2 Å². The minimum absolute atomic E-state index is 0.240. The van der Waals surface area contributed by atoms with Crippen molar-refractivity contribution in [2.24, 2.45) is 0 Å². The van der Waals surface area contributed by atoms with E-state index in [1.54, 1.807) is 7.11 Å². The molecule has 1 fully saturated rings. The van der Waals surface area contributed by atoms with Crippen molar-refractivity contribution in [2.75, 3.05) is 44.8 Å². The Kier molecular flexibility index (Phi) is 7.04. The summed E-state index contributed by atoms with van der Waals surface area (Å²) in [5, 5.41) is 13.2. The maximum absolute atomic E-state index is 6.21. The van der Waals surface area contributed by atoms with Crippen LogP contribution in [0.2, 0.25) is 5.02 Å². The molecule has 0 spiro atoms. The molecule has 2 heterocycles. The topological polar surface area (TPSA) is 59.3 Å². The number of rotatable bonds is 8. The van der Waals surface area contributed by atoms with Gasteiger partial charge in [0.25, 0.3) is 0 Å². The lowest BCUT2D eigenvalue weighted by Crippen LogP contribution is -2.48. The average Bonchev–Trinajstić information content (AvgIpc) is 3.15. The molecule has 1 aliphatic heterocycles. The van der Waals surface area contributed by atoms with Crippen molar-refractivity contribution < 1.29 is 4.74 Å². The van der Waals surface area contributed by atoms with Gasteiger partial charge in [-0.3, -0.25) is 4.90 Å². The number of halogens is 1. The molecule has 0 radical (unpaired) electrons. The van der Waals surface area contributed by atoms with E-state index >= 15 is 0 Å². The summed E-state index contributed by atoms with van der Waals surface area (Å²) in [5.41, 5.74) is 2.50. The van der Waals surface area contributed by atoms with Crippen molar-refractivity contribution in [3.63, 3.8) is 0 Å². The Morgan fingerprint density at radius 3 is 2.70 bits per heavy atom. The molecule has 2 aromatic rings. The second-order valence-electron chi connectivity index (χ2n) is 7.01. The molecule has 0 amide bonds. The van der Waals surface area contributed by atoms with Gasteiger partial charge in [0.15, 0.2) is 5.82 Å². The van der Waals surface area contributed by atoms with E-state index in [1.165, 1.54) is 11.3 Å². The van der Waals surface area contributed by atoms with E-state index < -0.39 is 0 Å². The third kappa shape index (κ3) is 4.78. The normalized spacial score (nSPS) is 16.7. The molecular formula is C19H29ClN6O. The second-order valence-corrected chi connectivity index (χ2v) is 7.45. The van der Waals surface area contributed by atoms with Crippen molar-refractivity contribution >= 4 is 17.3 Å². The zero-order valence-electron chi connectivity index (χ0n) is 16.4. The van der Waals surface area contributed by atoms with E-state index in [9.17, 15) is 0 Å². The van der Waals surface area contributed by atoms with Gasteiger partial charge in [-0.25, -0.2) is 4.68 Å². The molecule has 0 saturated carbocycles. The summed E-state index contributed by atoms with van der Waals surface area (Å²) in [5.74, 6) is 0.946. The molecule has 148 valence electrons. The van der Waals surface area contributed by atoms with Crippen LogP contribution in [0.4, 0.5) is 5.69 Å². The number of anilines is 1. The molecule has 3 rings (SSSR count). The molecule has 8 heteroatoms. The lowest BCUT2D eigenvalue weighted by Gasteiger charge is -2.40. The number of aromatic nitrogens is 4. The van der Waals surface area contributed by atoms with Crippen molar-refractivity contribution in [1.82, 2.24) is 25.1 Å². The quantitative estimate of drug-likeness (QED) is 0.688. The summed E-state index contributed by atoms with van der Waals surface area (Å²) in [6.07, 6.45) is 2.14. The Balaban J connectivity index is 1.70. The number of nitrogens with zero attached hydrogens (tertiary/aromatic N) is 6. The Hall–Kier alpha value is -1.70. The number of benzene rings is 1. The lowest BCUT2D eigenvalue weighted by atomic mass is 10.1. The van der Waals surface area contributed by atoms with Gasteiger partial charge in [-0.15, -0.1) is 5.10 Å². The highest BCUT2D eigenvalue weighted by molar-refractivity contribution is 6.30. The van der Waals surface area contributed by atoms with E-state index in [0.29, 0.717) is 13.2 Å². The summed E-state index contributed by atoms with van der Waals surface area (Å²) in [6.45, 7) is 9.55. The zero-order chi connectivity index (χ0) is 19.2. The summed E-state index contributed by atoms with van der Waals surface area (Å²) < 4.78 is 7.08. The first kappa shape index (κ1) is 20.0. The van der Waals surface area contributed by atoms with E-state index in [2.05, 4.69) is 51.3 Å². The van der Waals surface area contributed by atoms with Crippen LogP contribution in [-0.2, 0) is 11.3 Å². The van der Waals surface area contributed by atoms with Gasteiger partial charge in [-0.1, -0.05) is 31.0 Å². The highest BCUT2D eigenvalue weighted by Crippen LogP contribution is 2.29. The van der Waals surface area contributed by atoms with E-state index in [-0.39, 0.29) is 6.04 Å². The van der Waals surface area contributed by atoms with Crippen LogP contribution in [0.5, 0.6) is 0 Å². The number of hydrogen-bond donors (Lipinski definition) is 0. The van der Waals surface area contributed by atoms with Gasteiger partial charge in [-0.05, 0) is 41.5 Å². The van der Waals surface area contributed by atoms with Gasteiger partial charge < -0.3 is 9.64 Å². The van der Waals surface area contributed by atoms with Crippen LogP contribution in [0.3, 0.4) is 0 Å². The van der Waals surface area contributed by atoms with Gasteiger partial charge in [0.1, 0.15) is 0 Å². The number of hydrogen-bond acceptors (Lipinski definition) is 6. The van der Waals surface area contributed by atoms with Crippen LogP contribution in [0.25, 0.3) is 0 Å². The highest BCUT2D eigenvalue weighted by atomic mass is 35.5. The predicted molar refractivity (Wildman–Crippen MR) is 107 cm³/mol. The Labute approximate surface area is 166 Å². The molecular weight excluding hydrogens is 364 g/mol. The van der Waals surface area contributed by atoms with Crippen LogP contribution >= 0.6 is 11.6 Å². The van der Waals surface area contributed by atoms with Crippen molar-refractivity contribution in [3.05, 3.63) is 34.6 Å². The van der Waals surface area contributed by atoms with Gasteiger partial charge in [0.2, 0.25) is 0 Å². The van der Waals surface area contributed by atoms with Gasteiger partial charge >= 0.3 is 0 Å². The smallest absolute Gasteiger partial charge is 0.168 e. The lowest BCUT2D eigenvalue weighted by molar-refractivity contribution is 0.153. The molecule has 1 aromatic heterocycles. The van der Waals surface area contributed by atoms with Crippen molar-refractivity contribution in [3.8, 4) is 0 Å². The number of tetrazole rings is 1. The Bertz CT molecular complexity index is 729. The molecule has 0 aliphatic carbocycles. The van der Waals surface area contributed by atoms with Gasteiger partial charge in [-0.2, -0.15) is 0 Å². The van der Waals surface area contributed by atoms with Crippen LogP contribution in [0, 0.1) is 6.92 Å². The molecule has 27 heavy (non-hydrogen) atoms. The first-order valence-electron chi connectivity index (χ1n) is 9.64. The molecule has 0 bridgehead atoms. The third-order valence-corrected chi connectivity index (χ3v) is 5.43. The molecule has 1 atom stereocenters. The molecule has 1 saturated heterocycles. The second kappa shape index (κ2) is 9.48. The number of methoxy groups -OCH3 is 1. The maximum atomic E-state index is 6.21. The molecule has 0 N–H and O–H groups in total. The Morgan fingerprint density at radius 2 is 2.00 bits per heavy atom. The maximum Gasteiger partial charge on any atom is 0.168 e. The van der Waals surface area contributed by atoms with Gasteiger partial charge in [0.05, 0.1) is 19.2 Å². The molecule has 1 aliphatic rings. The standard InChI is InChI=1S/C19H29ClN6O/c1-4-5-17(19-21-22-23-26(19)12-13-27-3)24-8-10-25(11-9-24)18-14-16(20)7-6-15(18)2/h6-7,14,17H,4-5,8-13H2,1-3H3/t17-/m1/s1. The molecule has 0 unspecified atom stereocenters. The first-order chi connectivity index (χ1) is 13.1. The van der Waals surface area contributed by atoms with E-state index in [0.717, 1.165) is 49.9 Å². The van der Waals surface area contributed by atoms with E-state index in [1.807, 2.05) is 10.7 Å². The van der Waals surface area contributed by atoms with Gasteiger partial charge in [0, 0.05) is 44.0 Å². The van der Waals surface area contributed by atoms with Crippen LogP contribution in [0.15, 0.2) is 18.2 Å². The fraction of sp³-hybridized carbons (Fsp3) is 0.632. The number of ether oxygens (including phenoxy) is 1. The average molecular weight is 393 g/mol. The van der Waals surface area contributed by atoms with Crippen molar-refractivity contribution in [2.45, 2.75) is 39.3 Å². The van der Waals surface area contributed by atoms with Crippen molar-refractivity contribution in [1.29, 1.82) is 0 Å². The summed E-state index contributed by atoms with van der Waals surface area (Å²) in [6, 6.07) is 6.35. The number of piperazine rings is 1. The summed E-state index contributed by atoms with van der Waals surface area (Å²) in [7, 11) is 1.70. The largest absolute Gasteiger partial charge is 0.383 e. The fourth-order valence-corrected chi connectivity index (χ4v) is 3.90. The summed E-state index contributed by atoms with van der Waals surface area (Å²) in [4.78, 5) is 4.93. The zero-order valence-corrected chi connectivity index (χ0v) is 17.2. The third-order valence-electron chi connectivity index (χ3n) is 5.19.